The van der Waals surface area contributed by atoms with Gasteiger partial charge in [-0.2, -0.15) is 0 Å². The summed E-state index contributed by atoms with van der Waals surface area (Å²) in [6, 6.07) is 5.11. The molecule has 1 aliphatic rings. The Hall–Kier alpha value is -2.40. The normalized spacial score (nSPS) is 14.9. The van der Waals surface area contributed by atoms with E-state index in [0.717, 1.165) is 0 Å². The summed E-state index contributed by atoms with van der Waals surface area (Å²) in [5.74, 6) is -0.226. The molecule has 2 aromatic rings. The molecule has 1 N–H and O–H groups in total. The number of imidazole rings is 1. The highest BCUT2D eigenvalue weighted by molar-refractivity contribution is 6.41. The lowest BCUT2D eigenvalue weighted by Crippen LogP contribution is -2.06. The zero-order valence-corrected chi connectivity index (χ0v) is 11.9. The van der Waals surface area contributed by atoms with Crippen molar-refractivity contribution in [3.8, 4) is 0 Å². The number of methoxy groups -OCH3 is 1. The summed E-state index contributed by atoms with van der Waals surface area (Å²) in [5, 5.41) is 0.338. The van der Waals surface area contributed by atoms with Gasteiger partial charge in [-0.15, -0.1) is 0 Å². The lowest BCUT2D eigenvalue weighted by Gasteiger charge is -2.07. The molecular weight excluding hydrogens is 292 g/mol. The molecule has 5 nitrogen and oxygen atoms in total. The number of esters is 1. The Kier molecular flexibility index (Phi) is 3.35. The summed E-state index contributed by atoms with van der Waals surface area (Å²) in [4.78, 5) is 31.1. The maximum Gasteiger partial charge on any atom is 0.340 e. The zero-order valence-electron chi connectivity index (χ0n) is 11.1. The van der Waals surface area contributed by atoms with Crippen LogP contribution in [-0.2, 0) is 9.53 Å². The number of aromatic nitrogens is 2. The summed E-state index contributed by atoms with van der Waals surface area (Å²) >= 11 is 6.09. The maximum atomic E-state index is 12.0. The Morgan fingerprint density at radius 2 is 2.24 bits per heavy atom. The minimum absolute atomic E-state index is 0.110. The highest BCUT2D eigenvalue weighted by atomic mass is 35.5. The van der Waals surface area contributed by atoms with Crippen LogP contribution in [0.1, 0.15) is 22.6 Å². The smallest absolute Gasteiger partial charge is 0.340 e. The number of rotatable bonds is 2. The predicted molar refractivity (Wildman–Crippen MR) is 79.0 cm³/mol. The molecule has 0 spiro atoms. The van der Waals surface area contributed by atoms with Crippen molar-refractivity contribution < 1.29 is 14.3 Å². The first kappa shape index (κ1) is 13.6. The van der Waals surface area contributed by atoms with E-state index in [1.54, 1.807) is 30.4 Å². The fourth-order valence-electron chi connectivity index (χ4n) is 2.26. The van der Waals surface area contributed by atoms with Gasteiger partial charge in [0.1, 0.15) is 11.3 Å². The van der Waals surface area contributed by atoms with Crippen molar-refractivity contribution >= 4 is 40.0 Å². The van der Waals surface area contributed by atoms with Gasteiger partial charge in [-0.3, -0.25) is 4.79 Å². The Labute approximate surface area is 125 Å². The minimum atomic E-state index is -0.478. The quantitative estimate of drug-likeness (QED) is 0.866. The molecule has 0 saturated carbocycles. The third-order valence-electron chi connectivity index (χ3n) is 3.24. The number of H-pyrrole nitrogens is 1. The average molecular weight is 303 g/mol. The number of benzene rings is 1. The molecule has 0 amide bonds. The molecule has 3 rings (SSSR count). The van der Waals surface area contributed by atoms with Crippen LogP contribution in [0.25, 0.3) is 16.6 Å². The van der Waals surface area contributed by atoms with Crippen molar-refractivity contribution in [1.29, 1.82) is 0 Å². The van der Waals surface area contributed by atoms with E-state index < -0.39 is 5.97 Å². The van der Waals surface area contributed by atoms with E-state index in [0.29, 0.717) is 33.0 Å². The van der Waals surface area contributed by atoms with Crippen LogP contribution < -0.4 is 0 Å². The third kappa shape index (κ3) is 2.25. The van der Waals surface area contributed by atoms with Crippen molar-refractivity contribution in [1.82, 2.24) is 9.97 Å². The van der Waals surface area contributed by atoms with Crippen molar-refractivity contribution in [3.63, 3.8) is 0 Å². The Morgan fingerprint density at radius 1 is 1.43 bits per heavy atom. The van der Waals surface area contributed by atoms with Crippen molar-refractivity contribution in [3.05, 3.63) is 46.8 Å². The molecule has 1 heterocycles. The fraction of sp³-hybridized carbons (Fsp3) is 0.133. The number of nitrogens with one attached hydrogen (secondary N) is 1. The number of hydrogen-bond acceptors (Lipinski definition) is 4. The van der Waals surface area contributed by atoms with Crippen LogP contribution in [0.15, 0.2) is 35.4 Å². The molecule has 0 aliphatic heterocycles. The van der Waals surface area contributed by atoms with Gasteiger partial charge in [0.25, 0.3) is 0 Å². The molecule has 1 aliphatic carbocycles. The van der Waals surface area contributed by atoms with Crippen LogP contribution in [0, 0.1) is 0 Å². The molecule has 6 heteroatoms. The van der Waals surface area contributed by atoms with E-state index in [4.69, 9.17) is 16.3 Å². The van der Waals surface area contributed by atoms with E-state index in [1.807, 2.05) is 0 Å². The van der Waals surface area contributed by atoms with Crippen LogP contribution in [-0.4, -0.2) is 28.8 Å². The predicted octanol–water partition coefficient (Wildman–Crippen LogP) is 2.83. The minimum Gasteiger partial charge on any atom is -0.465 e. The SMILES string of the molecule is COC(=O)c1cccc2[nH]c(C3=C(Cl)C=CCC3=O)nc12. The molecule has 1 aromatic heterocycles. The maximum absolute atomic E-state index is 12.0. The second-order valence-electron chi connectivity index (χ2n) is 4.53. The van der Waals surface area contributed by atoms with Gasteiger partial charge in [0.05, 0.1) is 28.8 Å². The largest absolute Gasteiger partial charge is 0.465 e. The lowest BCUT2D eigenvalue weighted by atomic mass is 10.0. The Morgan fingerprint density at radius 3 is 2.95 bits per heavy atom. The molecule has 0 radical (unpaired) electrons. The Bertz CT molecular complexity index is 817. The summed E-state index contributed by atoms with van der Waals surface area (Å²) in [5.41, 5.74) is 1.78. The number of nitrogens with zero attached hydrogens (tertiary/aromatic N) is 1. The van der Waals surface area contributed by atoms with E-state index in [1.165, 1.54) is 7.11 Å². The summed E-state index contributed by atoms with van der Waals surface area (Å²) in [6.07, 6.45) is 3.66. The van der Waals surface area contributed by atoms with E-state index in [9.17, 15) is 9.59 Å². The zero-order chi connectivity index (χ0) is 15.0. The number of allylic oxidation sites excluding steroid dienone is 4. The standard InChI is InChI=1S/C15H11ClN2O3/c1-21-15(20)8-4-2-6-10-13(8)18-14(17-10)12-9(16)5-3-7-11(12)19/h2-6H,7H2,1H3,(H,17,18). The van der Waals surface area contributed by atoms with Gasteiger partial charge in [0.2, 0.25) is 0 Å². The fourth-order valence-corrected chi connectivity index (χ4v) is 2.54. The number of ether oxygens (including phenoxy) is 1. The number of carbonyl (C=O) groups excluding carboxylic acids is 2. The number of ketones is 1. The molecule has 0 bridgehead atoms. The number of aromatic amines is 1. The molecule has 0 saturated heterocycles. The van der Waals surface area contributed by atoms with Crippen LogP contribution in [0.5, 0.6) is 0 Å². The number of carbonyl (C=O) groups is 2. The highest BCUT2D eigenvalue weighted by Gasteiger charge is 2.22. The number of Topliss-reactive ketones (excluding diaryl/α,β-unsaturated/α-hetero) is 1. The summed E-state index contributed by atoms with van der Waals surface area (Å²) < 4.78 is 4.73. The molecular formula is C15H11ClN2O3. The van der Waals surface area contributed by atoms with Crippen molar-refractivity contribution in [2.24, 2.45) is 0 Å². The first-order chi connectivity index (χ1) is 10.1. The van der Waals surface area contributed by atoms with Gasteiger partial charge in [0.15, 0.2) is 5.78 Å². The van der Waals surface area contributed by atoms with Gasteiger partial charge in [-0.1, -0.05) is 23.7 Å². The summed E-state index contributed by atoms with van der Waals surface area (Å²) in [6.45, 7) is 0. The lowest BCUT2D eigenvalue weighted by molar-refractivity contribution is -0.113. The van der Waals surface area contributed by atoms with Crippen LogP contribution in [0.2, 0.25) is 0 Å². The highest BCUT2D eigenvalue weighted by Crippen LogP contribution is 2.28. The second kappa shape index (κ2) is 5.18. The molecule has 0 atom stereocenters. The van der Waals surface area contributed by atoms with Crippen LogP contribution in [0.3, 0.4) is 0 Å². The number of fused-ring (bicyclic) bond motifs is 1. The Balaban J connectivity index is 2.21. The molecule has 0 unspecified atom stereocenters. The molecule has 0 fully saturated rings. The number of halogens is 1. The van der Waals surface area contributed by atoms with Gasteiger partial charge in [-0.05, 0) is 18.2 Å². The third-order valence-corrected chi connectivity index (χ3v) is 3.55. The van der Waals surface area contributed by atoms with Crippen LogP contribution in [0.4, 0.5) is 0 Å². The van der Waals surface area contributed by atoms with Crippen molar-refractivity contribution in [2.75, 3.05) is 7.11 Å². The van der Waals surface area contributed by atoms with E-state index in [-0.39, 0.29) is 12.2 Å². The monoisotopic (exact) mass is 302 g/mol. The van der Waals surface area contributed by atoms with Crippen LogP contribution >= 0.6 is 11.6 Å². The molecule has 1 aromatic carbocycles. The van der Waals surface area contributed by atoms with Gasteiger partial charge < -0.3 is 9.72 Å². The van der Waals surface area contributed by atoms with E-state index in [2.05, 4.69) is 9.97 Å². The first-order valence-corrected chi connectivity index (χ1v) is 6.66. The molecule has 106 valence electrons. The second-order valence-corrected chi connectivity index (χ2v) is 4.94. The first-order valence-electron chi connectivity index (χ1n) is 6.28. The van der Waals surface area contributed by atoms with Gasteiger partial charge >= 0.3 is 5.97 Å². The topological polar surface area (TPSA) is 72.1 Å². The molecule has 21 heavy (non-hydrogen) atoms. The number of para-hydroxylation sites is 1. The summed E-state index contributed by atoms with van der Waals surface area (Å²) in [7, 11) is 1.31. The van der Waals surface area contributed by atoms with Gasteiger partial charge in [-0.25, -0.2) is 9.78 Å². The van der Waals surface area contributed by atoms with Crippen molar-refractivity contribution in [2.45, 2.75) is 6.42 Å². The van der Waals surface area contributed by atoms with E-state index >= 15 is 0 Å². The number of hydrogen-bond donors (Lipinski definition) is 1. The van der Waals surface area contributed by atoms with Gasteiger partial charge in [0, 0.05) is 6.42 Å². The average Bonchev–Trinajstić information content (AvgIpc) is 2.89.